The van der Waals surface area contributed by atoms with E-state index in [0.717, 1.165) is 38.4 Å². The van der Waals surface area contributed by atoms with Gasteiger partial charge in [-0.15, -0.1) is 0 Å². The first-order valence-corrected chi connectivity index (χ1v) is 9.05. The Balaban J connectivity index is 1.87. The molecule has 2 saturated heterocycles. The van der Waals surface area contributed by atoms with Crippen LogP contribution in [-0.2, 0) is 4.79 Å². The number of rotatable bonds is 3. The van der Waals surface area contributed by atoms with E-state index < -0.39 is 12.2 Å². The topological polar surface area (TPSA) is 68.2 Å². The number of hydrogen-bond acceptors (Lipinski definition) is 5. The van der Waals surface area contributed by atoms with Crippen LogP contribution < -0.4 is 5.32 Å². The smallest absolute Gasteiger partial charge is 0.325 e. The van der Waals surface area contributed by atoms with Crippen molar-refractivity contribution >= 4 is 17.9 Å². The van der Waals surface area contributed by atoms with Crippen molar-refractivity contribution in [2.75, 3.05) is 26.7 Å². The summed E-state index contributed by atoms with van der Waals surface area (Å²) in [5.41, 5.74) is 0. The fraction of sp³-hybridized carbons (Fsp3) is 0.824. The van der Waals surface area contributed by atoms with Gasteiger partial charge in [-0.3, -0.25) is 10.1 Å². The van der Waals surface area contributed by atoms with E-state index >= 15 is 0 Å². The van der Waals surface area contributed by atoms with E-state index in [9.17, 15) is 9.59 Å². The Morgan fingerprint density at radius 3 is 2.75 bits per heavy atom. The molecule has 3 rings (SSSR count). The average molecular weight is 335 g/mol. The van der Waals surface area contributed by atoms with Gasteiger partial charge >= 0.3 is 6.03 Å². The van der Waals surface area contributed by atoms with Crippen LogP contribution >= 0.6 is 0 Å². The van der Waals surface area contributed by atoms with Crippen LogP contribution in [0.15, 0.2) is 4.99 Å². The van der Waals surface area contributed by atoms with Crippen molar-refractivity contribution < 1.29 is 9.59 Å². The highest BCUT2D eigenvalue weighted by molar-refractivity contribution is 6.03. The van der Waals surface area contributed by atoms with Crippen molar-refractivity contribution in [2.24, 2.45) is 16.8 Å². The molecular weight excluding hydrogens is 306 g/mol. The highest BCUT2D eigenvalue weighted by atomic mass is 16.2. The summed E-state index contributed by atoms with van der Waals surface area (Å²) in [6.45, 7) is 9.36. The fourth-order valence-electron chi connectivity index (χ4n) is 3.78. The van der Waals surface area contributed by atoms with Crippen molar-refractivity contribution in [3.63, 3.8) is 0 Å². The lowest BCUT2D eigenvalue weighted by Gasteiger charge is -2.39. The first-order chi connectivity index (χ1) is 11.4. The molecule has 0 bridgehead atoms. The summed E-state index contributed by atoms with van der Waals surface area (Å²) in [5.74, 6) is 1.85. The lowest BCUT2D eigenvalue weighted by molar-refractivity contribution is -0.127. The minimum Gasteiger partial charge on any atom is -0.342 e. The van der Waals surface area contributed by atoms with E-state index in [0.29, 0.717) is 11.8 Å². The Kier molecular flexibility index (Phi) is 4.69. The van der Waals surface area contributed by atoms with Gasteiger partial charge in [-0.2, -0.15) is 0 Å². The normalized spacial score (nSPS) is 30.6. The molecule has 3 heterocycles. The van der Waals surface area contributed by atoms with Gasteiger partial charge in [-0.1, -0.05) is 20.8 Å². The fourth-order valence-corrected chi connectivity index (χ4v) is 3.78. The van der Waals surface area contributed by atoms with Crippen molar-refractivity contribution in [1.82, 2.24) is 20.0 Å². The first-order valence-electron chi connectivity index (χ1n) is 9.05. The third kappa shape index (κ3) is 3.08. The number of amides is 3. The number of likely N-dealkylation sites (tertiary alicyclic amines) is 1. The van der Waals surface area contributed by atoms with E-state index in [1.54, 1.807) is 11.9 Å². The molecule has 3 aliphatic rings. The third-order valence-electron chi connectivity index (χ3n) is 5.23. The van der Waals surface area contributed by atoms with Crippen molar-refractivity contribution in [3.8, 4) is 0 Å². The monoisotopic (exact) mass is 335 g/mol. The SMILES string of the molecule is CC(C)CCN1C(N2CCCC(C)C2)=NC2C1C(=O)NC(=O)N2C. The number of carbonyl (C=O) groups excluding carboxylic acids is 2. The Labute approximate surface area is 144 Å². The molecule has 3 aliphatic heterocycles. The molecule has 3 atom stereocenters. The van der Waals surface area contributed by atoms with Crippen molar-refractivity contribution in [3.05, 3.63) is 0 Å². The Morgan fingerprint density at radius 1 is 1.33 bits per heavy atom. The Morgan fingerprint density at radius 2 is 2.08 bits per heavy atom. The zero-order valence-electron chi connectivity index (χ0n) is 15.2. The summed E-state index contributed by atoms with van der Waals surface area (Å²) in [5, 5.41) is 2.46. The average Bonchev–Trinajstić information content (AvgIpc) is 2.91. The maximum Gasteiger partial charge on any atom is 0.325 e. The molecule has 134 valence electrons. The zero-order valence-corrected chi connectivity index (χ0v) is 15.2. The molecule has 0 aromatic heterocycles. The molecule has 0 spiro atoms. The molecule has 3 unspecified atom stereocenters. The van der Waals surface area contributed by atoms with Gasteiger partial charge in [-0.25, -0.2) is 9.79 Å². The highest BCUT2D eigenvalue weighted by Crippen LogP contribution is 2.28. The molecule has 7 nitrogen and oxygen atoms in total. The molecular formula is C17H29N5O2. The number of aliphatic imine (C=N–C) groups is 1. The van der Waals surface area contributed by atoms with E-state index in [2.05, 4.69) is 35.9 Å². The van der Waals surface area contributed by atoms with Gasteiger partial charge in [0.2, 0.25) is 0 Å². The van der Waals surface area contributed by atoms with Gasteiger partial charge in [0, 0.05) is 26.7 Å². The predicted molar refractivity (Wildman–Crippen MR) is 92.4 cm³/mol. The number of nitrogens with zero attached hydrogens (tertiary/aromatic N) is 4. The second-order valence-corrected chi connectivity index (χ2v) is 7.76. The second kappa shape index (κ2) is 6.61. The molecule has 1 N–H and O–H groups in total. The predicted octanol–water partition coefficient (Wildman–Crippen LogP) is 1.31. The van der Waals surface area contributed by atoms with Gasteiger partial charge in [0.1, 0.15) is 0 Å². The standard InChI is InChI=1S/C17H29N5O2/c1-11(2)7-9-22-13-14(20(4)17(24)19-15(13)23)18-16(22)21-8-5-6-12(3)10-21/h11-14H,5-10H2,1-4H3,(H,19,23,24). The van der Waals surface area contributed by atoms with Crippen LogP contribution in [-0.4, -0.2) is 71.5 Å². The first kappa shape index (κ1) is 17.0. The van der Waals surface area contributed by atoms with Crippen molar-refractivity contribution in [1.29, 1.82) is 0 Å². The number of piperidine rings is 1. The lowest BCUT2D eigenvalue weighted by Crippen LogP contribution is -2.64. The summed E-state index contributed by atoms with van der Waals surface area (Å²) in [6.07, 6.45) is 2.97. The van der Waals surface area contributed by atoms with Gasteiger partial charge in [-0.05, 0) is 31.1 Å². The summed E-state index contributed by atoms with van der Waals surface area (Å²) in [4.78, 5) is 35.2. The molecule has 0 aromatic rings. The van der Waals surface area contributed by atoms with Gasteiger partial charge in [0.15, 0.2) is 18.2 Å². The maximum absolute atomic E-state index is 12.5. The number of carbonyl (C=O) groups is 2. The summed E-state index contributed by atoms with van der Waals surface area (Å²) >= 11 is 0. The molecule has 0 aromatic carbocycles. The Hall–Kier alpha value is -1.79. The number of imide groups is 1. The summed E-state index contributed by atoms with van der Waals surface area (Å²) in [7, 11) is 1.71. The third-order valence-corrected chi connectivity index (χ3v) is 5.23. The summed E-state index contributed by atoms with van der Waals surface area (Å²) < 4.78 is 0. The van der Waals surface area contributed by atoms with Crippen LogP contribution in [0.5, 0.6) is 0 Å². The number of hydrogen-bond donors (Lipinski definition) is 1. The molecule has 2 fully saturated rings. The van der Waals surface area contributed by atoms with E-state index in [1.807, 2.05) is 0 Å². The van der Waals surface area contributed by atoms with E-state index in [1.165, 1.54) is 6.42 Å². The second-order valence-electron chi connectivity index (χ2n) is 7.76. The largest absolute Gasteiger partial charge is 0.342 e. The minimum atomic E-state index is -0.411. The molecule has 0 aliphatic carbocycles. The molecule has 0 radical (unpaired) electrons. The van der Waals surface area contributed by atoms with Gasteiger partial charge < -0.3 is 14.7 Å². The lowest BCUT2D eigenvalue weighted by atomic mass is 10.0. The summed E-state index contributed by atoms with van der Waals surface area (Å²) in [6, 6.07) is -0.763. The van der Waals surface area contributed by atoms with Crippen LogP contribution in [0.3, 0.4) is 0 Å². The van der Waals surface area contributed by atoms with Crippen LogP contribution in [0, 0.1) is 11.8 Å². The van der Waals surface area contributed by atoms with Gasteiger partial charge in [0.05, 0.1) is 0 Å². The number of fused-ring (bicyclic) bond motifs is 1. The zero-order chi connectivity index (χ0) is 17.4. The van der Waals surface area contributed by atoms with Crippen LogP contribution in [0.25, 0.3) is 0 Å². The molecule has 24 heavy (non-hydrogen) atoms. The van der Waals surface area contributed by atoms with Crippen LogP contribution in [0.1, 0.15) is 40.0 Å². The minimum absolute atomic E-state index is 0.226. The number of likely N-dealkylation sites (N-methyl/N-ethyl adjacent to an activating group) is 1. The van der Waals surface area contributed by atoms with Crippen LogP contribution in [0.4, 0.5) is 4.79 Å². The quantitative estimate of drug-likeness (QED) is 0.844. The number of nitrogens with one attached hydrogen (secondary N) is 1. The van der Waals surface area contributed by atoms with Crippen LogP contribution in [0.2, 0.25) is 0 Å². The van der Waals surface area contributed by atoms with E-state index in [-0.39, 0.29) is 11.9 Å². The number of guanidine groups is 1. The molecule has 7 heteroatoms. The number of urea groups is 1. The molecule has 0 saturated carbocycles. The van der Waals surface area contributed by atoms with E-state index in [4.69, 9.17) is 4.99 Å². The van der Waals surface area contributed by atoms with Crippen molar-refractivity contribution in [2.45, 2.75) is 52.2 Å². The maximum atomic E-state index is 12.5. The van der Waals surface area contributed by atoms with Gasteiger partial charge in [0.25, 0.3) is 5.91 Å². The Bertz CT molecular complexity index is 547. The highest BCUT2D eigenvalue weighted by Gasteiger charge is 2.49. The molecule has 3 amide bonds.